The van der Waals surface area contributed by atoms with Gasteiger partial charge in [0.25, 0.3) is 5.91 Å². The first-order valence-corrected chi connectivity index (χ1v) is 14.5. The molecule has 1 aliphatic heterocycles. The predicted octanol–water partition coefficient (Wildman–Crippen LogP) is 5.10. The summed E-state index contributed by atoms with van der Waals surface area (Å²) in [5.74, 6) is -0.177. The number of carbonyl (C=O) groups excluding carboxylic acids is 1. The summed E-state index contributed by atoms with van der Waals surface area (Å²) in [4.78, 5) is 15.5. The first-order chi connectivity index (χ1) is 20.9. The molecule has 43 heavy (non-hydrogen) atoms. The smallest absolute Gasteiger partial charge is 0.259 e. The van der Waals surface area contributed by atoms with Crippen molar-refractivity contribution in [2.24, 2.45) is 0 Å². The molecule has 0 fully saturated rings. The van der Waals surface area contributed by atoms with Gasteiger partial charge in [0.2, 0.25) is 0 Å². The van der Waals surface area contributed by atoms with Crippen molar-refractivity contribution >= 4 is 29.1 Å². The Morgan fingerprint density at radius 1 is 1.00 bits per heavy atom. The maximum atomic E-state index is 13.8. The molecule has 0 radical (unpaired) electrons. The van der Waals surface area contributed by atoms with Crippen molar-refractivity contribution in [1.29, 1.82) is 0 Å². The molecule has 2 aromatic carbocycles. The summed E-state index contributed by atoms with van der Waals surface area (Å²) in [5, 5.41) is 26.3. The van der Waals surface area contributed by atoms with Crippen molar-refractivity contribution in [3.05, 3.63) is 111 Å². The summed E-state index contributed by atoms with van der Waals surface area (Å²) >= 11 is 13.1. The highest BCUT2D eigenvalue weighted by molar-refractivity contribution is 6.33. The van der Waals surface area contributed by atoms with E-state index in [9.17, 15) is 4.79 Å². The highest BCUT2D eigenvalue weighted by Gasteiger charge is 2.30. The second kappa shape index (κ2) is 11.2. The standard InChI is InChI=1S/C30H26Cl2N10O/c1-19-28(29(32)42(37-19)15-21-9-5-6-10-24(21)31)30(43)39-11-12-41-27(18-39)23(14-33-41)26-17-40(38-36-26)16-22-13-25(35-34-22)20-7-3-2-4-8-20/h2-10,13-14,17H,11-12,15-16,18H2,1H3,(H,34,35). The molecule has 0 unspecified atom stereocenters. The topological polar surface area (TPSA) is 115 Å². The van der Waals surface area contributed by atoms with E-state index in [1.165, 1.54) is 0 Å². The number of hydrogen-bond donors (Lipinski definition) is 1. The van der Waals surface area contributed by atoms with Crippen molar-refractivity contribution in [2.45, 2.75) is 33.1 Å². The molecule has 216 valence electrons. The van der Waals surface area contributed by atoms with Gasteiger partial charge in [-0.3, -0.25) is 14.6 Å². The van der Waals surface area contributed by atoms with Crippen LogP contribution < -0.4 is 0 Å². The predicted molar refractivity (Wildman–Crippen MR) is 162 cm³/mol. The van der Waals surface area contributed by atoms with Gasteiger partial charge in [-0.1, -0.05) is 76.9 Å². The van der Waals surface area contributed by atoms with Crippen LogP contribution in [0.25, 0.3) is 22.5 Å². The third kappa shape index (κ3) is 5.21. The van der Waals surface area contributed by atoms with Crippen LogP contribution in [-0.2, 0) is 26.2 Å². The van der Waals surface area contributed by atoms with Crippen LogP contribution in [0.3, 0.4) is 0 Å². The van der Waals surface area contributed by atoms with Crippen LogP contribution in [0, 0.1) is 6.92 Å². The lowest BCUT2D eigenvalue weighted by molar-refractivity contribution is 0.0706. The maximum absolute atomic E-state index is 13.8. The van der Waals surface area contributed by atoms with E-state index in [-0.39, 0.29) is 5.91 Å². The molecular formula is C30H26Cl2N10O. The second-order valence-electron chi connectivity index (χ2n) is 10.4. The number of hydrogen-bond acceptors (Lipinski definition) is 6. The molecule has 0 atom stereocenters. The minimum Gasteiger partial charge on any atom is -0.331 e. The Balaban J connectivity index is 1.08. The summed E-state index contributed by atoms with van der Waals surface area (Å²) < 4.78 is 5.28. The van der Waals surface area contributed by atoms with E-state index in [0.29, 0.717) is 59.9 Å². The van der Waals surface area contributed by atoms with E-state index in [0.717, 1.165) is 33.8 Å². The van der Waals surface area contributed by atoms with Gasteiger partial charge < -0.3 is 4.90 Å². The van der Waals surface area contributed by atoms with Gasteiger partial charge in [-0.25, -0.2) is 9.36 Å². The van der Waals surface area contributed by atoms with Crippen LogP contribution in [-0.4, -0.2) is 62.1 Å². The van der Waals surface area contributed by atoms with Gasteiger partial charge in [0.1, 0.15) is 10.8 Å². The second-order valence-corrected chi connectivity index (χ2v) is 11.2. The Labute approximate surface area is 256 Å². The van der Waals surface area contributed by atoms with E-state index < -0.39 is 0 Å². The Hall–Kier alpha value is -4.74. The van der Waals surface area contributed by atoms with E-state index in [2.05, 4.69) is 30.7 Å². The third-order valence-electron chi connectivity index (χ3n) is 7.56. The summed E-state index contributed by atoms with van der Waals surface area (Å²) in [6.07, 6.45) is 3.66. The lowest BCUT2D eigenvalue weighted by Gasteiger charge is -2.28. The molecule has 5 heterocycles. The molecule has 0 aliphatic carbocycles. The zero-order chi connectivity index (χ0) is 29.5. The van der Waals surface area contributed by atoms with Crippen LogP contribution >= 0.6 is 23.2 Å². The number of amides is 1. The molecular weight excluding hydrogens is 587 g/mol. The SMILES string of the molecule is Cc1nn(Cc2ccccc2Cl)c(Cl)c1C(=O)N1CCn2ncc(-c3cn(Cc4cc(-c5ccccc5)n[nH]4)nn3)c2C1. The maximum Gasteiger partial charge on any atom is 0.259 e. The number of H-pyrrole nitrogens is 1. The number of halogens is 2. The molecule has 4 aromatic heterocycles. The minimum absolute atomic E-state index is 0.177. The number of aromatic amines is 1. The van der Waals surface area contributed by atoms with Crippen molar-refractivity contribution in [3.63, 3.8) is 0 Å². The number of aryl methyl sites for hydroxylation is 1. The summed E-state index contributed by atoms with van der Waals surface area (Å²) in [7, 11) is 0. The monoisotopic (exact) mass is 612 g/mol. The zero-order valence-electron chi connectivity index (χ0n) is 23.2. The molecule has 6 aromatic rings. The van der Waals surface area contributed by atoms with Gasteiger partial charge >= 0.3 is 0 Å². The third-order valence-corrected chi connectivity index (χ3v) is 8.32. The average Bonchev–Trinajstić information content (AvgIpc) is 3.82. The fourth-order valence-electron chi connectivity index (χ4n) is 5.35. The van der Waals surface area contributed by atoms with E-state index >= 15 is 0 Å². The molecule has 13 heteroatoms. The van der Waals surface area contributed by atoms with Crippen LogP contribution in [0.15, 0.2) is 73.1 Å². The number of aromatic nitrogens is 9. The van der Waals surface area contributed by atoms with Crippen LogP contribution in [0.2, 0.25) is 10.2 Å². The molecule has 0 spiro atoms. The molecule has 0 saturated heterocycles. The molecule has 7 rings (SSSR count). The highest BCUT2D eigenvalue weighted by Crippen LogP contribution is 2.29. The summed E-state index contributed by atoms with van der Waals surface area (Å²) in [5.41, 5.74) is 7.05. The fourth-order valence-corrected chi connectivity index (χ4v) is 5.86. The van der Waals surface area contributed by atoms with Crippen LogP contribution in [0.1, 0.15) is 33.0 Å². The summed E-state index contributed by atoms with van der Waals surface area (Å²) in [6.45, 7) is 4.04. The first kappa shape index (κ1) is 27.1. The highest BCUT2D eigenvalue weighted by atomic mass is 35.5. The fraction of sp³-hybridized carbons (Fsp3) is 0.200. The van der Waals surface area contributed by atoms with Gasteiger partial charge in [0.15, 0.2) is 0 Å². The molecule has 11 nitrogen and oxygen atoms in total. The molecule has 1 aliphatic rings. The number of carbonyl (C=O) groups is 1. The zero-order valence-corrected chi connectivity index (χ0v) is 24.7. The van der Waals surface area contributed by atoms with Gasteiger partial charge in [-0.15, -0.1) is 5.10 Å². The number of fused-ring (bicyclic) bond motifs is 1. The summed E-state index contributed by atoms with van der Waals surface area (Å²) in [6, 6.07) is 19.5. The lowest BCUT2D eigenvalue weighted by atomic mass is 10.1. The number of nitrogens with one attached hydrogen (secondary N) is 1. The van der Waals surface area contributed by atoms with Crippen molar-refractivity contribution < 1.29 is 4.79 Å². The largest absolute Gasteiger partial charge is 0.331 e. The Morgan fingerprint density at radius 3 is 2.65 bits per heavy atom. The minimum atomic E-state index is -0.177. The normalized spacial score (nSPS) is 13.0. The molecule has 1 N–H and O–H groups in total. The van der Waals surface area contributed by atoms with Crippen LogP contribution in [0.5, 0.6) is 0 Å². The Morgan fingerprint density at radius 2 is 1.81 bits per heavy atom. The molecule has 0 bridgehead atoms. The van der Waals surface area contributed by atoms with Crippen LogP contribution in [0.4, 0.5) is 0 Å². The first-order valence-electron chi connectivity index (χ1n) is 13.7. The lowest BCUT2D eigenvalue weighted by Crippen LogP contribution is -2.38. The average molecular weight is 614 g/mol. The van der Waals surface area contributed by atoms with Crippen molar-refractivity contribution in [2.75, 3.05) is 6.54 Å². The molecule has 1 amide bonds. The van der Waals surface area contributed by atoms with E-state index in [1.807, 2.05) is 71.5 Å². The van der Waals surface area contributed by atoms with Crippen molar-refractivity contribution in [3.8, 4) is 22.5 Å². The van der Waals surface area contributed by atoms with E-state index in [1.54, 1.807) is 27.4 Å². The van der Waals surface area contributed by atoms with Gasteiger partial charge in [-0.05, 0) is 24.6 Å². The van der Waals surface area contributed by atoms with Gasteiger partial charge in [0.05, 0.1) is 66.9 Å². The quantitative estimate of drug-likeness (QED) is 0.268. The van der Waals surface area contributed by atoms with E-state index in [4.69, 9.17) is 23.2 Å². The Kier molecular flexibility index (Phi) is 7.04. The number of nitrogens with zero attached hydrogens (tertiary/aromatic N) is 9. The van der Waals surface area contributed by atoms with Crippen molar-refractivity contribution in [1.82, 2.24) is 49.7 Å². The van der Waals surface area contributed by atoms with Gasteiger partial charge in [-0.2, -0.15) is 15.3 Å². The number of rotatable bonds is 7. The van der Waals surface area contributed by atoms with Gasteiger partial charge in [0, 0.05) is 22.7 Å². The Bertz CT molecular complexity index is 1940. The number of benzene rings is 2. The molecule has 0 saturated carbocycles.